The molecule has 1 aliphatic rings. The van der Waals surface area contributed by atoms with E-state index in [9.17, 15) is 22.8 Å². The smallest absolute Gasteiger partial charge is 0.267 e. The van der Waals surface area contributed by atoms with Crippen molar-refractivity contribution in [3.8, 4) is 0 Å². The van der Waals surface area contributed by atoms with Crippen molar-refractivity contribution in [1.29, 1.82) is 0 Å². The van der Waals surface area contributed by atoms with Gasteiger partial charge in [0.15, 0.2) is 22.6 Å². The van der Waals surface area contributed by atoms with E-state index in [4.69, 9.17) is 0 Å². The van der Waals surface area contributed by atoms with Crippen molar-refractivity contribution in [3.05, 3.63) is 51.7 Å². The van der Waals surface area contributed by atoms with E-state index in [1.54, 1.807) is 0 Å². The number of thioether (sulfide) groups is 1. The molecule has 1 N–H and O–H groups in total. The number of nitrogens with zero attached hydrogens (tertiary/aromatic N) is 2. The molecule has 0 fully saturated rings. The highest BCUT2D eigenvalue weighted by molar-refractivity contribution is 7.99. The summed E-state index contributed by atoms with van der Waals surface area (Å²) in [5.74, 6) is -4.86. The third-order valence-electron chi connectivity index (χ3n) is 3.08. The number of carbonyl (C=O) groups is 1. The van der Waals surface area contributed by atoms with Gasteiger partial charge in [-0.1, -0.05) is 11.8 Å². The lowest BCUT2D eigenvalue weighted by Crippen LogP contribution is -2.29. The summed E-state index contributed by atoms with van der Waals surface area (Å²) in [6.45, 7) is 0.423. The van der Waals surface area contributed by atoms with Crippen LogP contribution in [-0.2, 0) is 6.54 Å². The molecule has 5 nitrogen and oxygen atoms in total. The lowest BCUT2D eigenvalue weighted by Gasteiger charge is -2.08. The van der Waals surface area contributed by atoms with Crippen LogP contribution in [0, 0.1) is 17.5 Å². The van der Waals surface area contributed by atoms with E-state index < -0.39 is 34.6 Å². The predicted octanol–water partition coefficient (Wildman–Crippen LogP) is 2.02. The van der Waals surface area contributed by atoms with Crippen LogP contribution in [0.1, 0.15) is 10.4 Å². The Kier molecular flexibility index (Phi) is 3.65. The summed E-state index contributed by atoms with van der Waals surface area (Å²) in [5, 5.41) is 2.55. The second-order valence-electron chi connectivity index (χ2n) is 4.44. The Morgan fingerprint density at radius 1 is 1.27 bits per heavy atom. The first-order chi connectivity index (χ1) is 10.5. The Morgan fingerprint density at radius 2 is 2.05 bits per heavy atom. The van der Waals surface area contributed by atoms with Gasteiger partial charge in [0, 0.05) is 18.5 Å². The molecule has 3 rings (SSSR count). The van der Waals surface area contributed by atoms with Gasteiger partial charge in [-0.2, -0.15) is 0 Å². The molecule has 0 unspecified atom stereocenters. The fourth-order valence-corrected chi connectivity index (χ4v) is 2.90. The van der Waals surface area contributed by atoms with Gasteiger partial charge >= 0.3 is 0 Å². The molecule has 1 amide bonds. The lowest BCUT2D eigenvalue weighted by molar-refractivity contribution is 0.102. The van der Waals surface area contributed by atoms with Crippen molar-refractivity contribution in [2.24, 2.45) is 0 Å². The van der Waals surface area contributed by atoms with E-state index in [2.05, 4.69) is 4.98 Å². The van der Waals surface area contributed by atoms with Crippen LogP contribution >= 0.6 is 11.8 Å². The monoisotopic (exact) mass is 327 g/mol. The SMILES string of the molecule is O=C(Nc1ccc(F)c(F)c1F)c1cnc2n(c1=O)CCS2. The van der Waals surface area contributed by atoms with Gasteiger partial charge in [0.25, 0.3) is 11.5 Å². The number of halogens is 3. The zero-order valence-corrected chi connectivity index (χ0v) is 11.7. The fourth-order valence-electron chi connectivity index (χ4n) is 1.99. The number of rotatable bonds is 2. The van der Waals surface area contributed by atoms with E-state index in [1.807, 2.05) is 5.32 Å². The number of nitrogens with one attached hydrogen (secondary N) is 1. The van der Waals surface area contributed by atoms with E-state index in [-0.39, 0.29) is 5.56 Å². The molecule has 1 aliphatic heterocycles. The number of benzene rings is 1. The van der Waals surface area contributed by atoms with Crippen LogP contribution in [0.4, 0.5) is 18.9 Å². The van der Waals surface area contributed by atoms with Crippen LogP contribution in [0.2, 0.25) is 0 Å². The van der Waals surface area contributed by atoms with Crippen LogP contribution in [0.5, 0.6) is 0 Å². The molecule has 0 saturated heterocycles. The molecule has 0 atom stereocenters. The summed E-state index contributed by atoms with van der Waals surface area (Å²) in [6, 6.07) is 1.55. The quantitative estimate of drug-likeness (QED) is 0.677. The Bertz CT molecular complexity index is 838. The number of aromatic nitrogens is 2. The zero-order chi connectivity index (χ0) is 15.9. The molecule has 9 heteroatoms. The fraction of sp³-hybridized carbons (Fsp3) is 0.154. The highest BCUT2D eigenvalue weighted by Crippen LogP contribution is 2.22. The van der Waals surface area contributed by atoms with Crippen LogP contribution in [0.25, 0.3) is 0 Å². The van der Waals surface area contributed by atoms with Crippen molar-refractivity contribution in [3.63, 3.8) is 0 Å². The van der Waals surface area contributed by atoms with Crippen molar-refractivity contribution in [1.82, 2.24) is 9.55 Å². The normalized spacial score (nSPS) is 13.0. The maximum absolute atomic E-state index is 13.5. The average Bonchev–Trinajstić information content (AvgIpc) is 2.97. The third kappa shape index (κ3) is 2.37. The Hall–Kier alpha value is -2.29. The van der Waals surface area contributed by atoms with Crippen molar-refractivity contribution < 1.29 is 18.0 Å². The second-order valence-corrected chi connectivity index (χ2v) is 5.50. The molecule has 2 heterocycles. The summed E-state index contributed by atoms with van der Waals surface area (Å²) >= 11 is 1.38. The number of carbonyl (C=O) groups excluding carboxylic acids is 1. The third-order valence-corrected chi connectivity index (χ3v) is 4.06. The molecule has 114 valence electrons. The molecule has 0 saturated carbocycles. The topological polar surface area (TPSA) is 64.0 Å². The number of fused-ring (bicyclic) bond motifs is 1. The highest BCUT2D eigenvalue weighted by Gasteiger charge is 2.21. The van der Waals surface area contributed by atoms with Crippen LogP contribution in [-0.4, -0.2) is 21.2 Å². The minimum absolute atomic E-state index is 0.296. The maximum atomic E-state index is 13.5. The molecule has 22 heavy (non-hydrogen) atoms. The molecule has 0 spiro atoms. The highest BCUT2D eigenvalue weighted by atomic mass is 32.2. The minimum atomic E-state index is -1.70. The number of amides is 1. The number of hydrogen-bond donors (Lipinski definition) is 1. The molecular formula is C13H8F3N3O2S. The average molecular weight is 327 g/mol. The summed E-state index contributed by atoms with van der Waals surface area (Å²) in [4.78, 5) is 28.1. The molecule has 1 aromatic heterocycles. The summed E-state index contributed by atoms with van der Waals surface area (Å²) in [7, 11) is 0. The first-order valence-electron chi connectivity index (χ1n) is 6.16. The maximum Gasteiger partial charge on any atom is 0.267 e. The van der Waals surface area contributed by atoms with Gasteiger partial charge in [-0.15, -0.1) is 0 Å². The summed E-state index contributed by atoms with van der Waals surface area (Å²) in [5.41, 5.74) is -1.41. The Morgan fingerprint density at radius 3 is 2.82 bits per heavy atom. The largest absolute Gasteiger partial charge is 0.319 e. The minimum Gasteiger partial charge on any atom is -0.319 e. The lowest BCUT2D eigenvalue weighted by atomic mass is 10.2. The predicted molar refractivity (Wildman–Crippen MR) is 73.5 cm³/mol. The molecule has 0 radical (unpaired) electrons. The number of anilines is 1. The van der Waals surface area contributed by atoms with Gasteiger partial charge in [0.05, 0.1) is 5.69 Å². The first kappa shape index (κ1) is 14.6. The number of hydrogen-bond acceptors (Lipinski definition) is 4. The molecular weight excluding hydrogens is 319 g/mol. The summed E-state index contributed by atoms with van der Waals surface area (Å²) in [6.07, 6.45) is 1.08. The van der Waals surface area contributed by atoms with Crippen molar-refractivity contribution >= 4 is 23.4 Å². The van der Waals surface area contributed by atoms with E-state index in [0.29, 0.717) is 23.5 Å². The van der Waals surface area contributed by atoms with Gasteiger partial charge in [-0.3, -0.25) is 14.2 Å². The van der Waals surface area contributed by atoms with Gasteiger partial charge in [-0.05, 0) is 12.1 Å². The second kappa shape index (κ2) is 5.48. The summed E-state index contributed by atoms with van der Waals surface area (Å²) < 4.78 is 40.8. The zero-order valence-electron chi connectivity index (χ0n) is 10.9. The van der Waals surface area contributed by atoms with E-state index >= 15 is 0 Å². The van der Waals surface area contributed by atoms with Gasteiger partial charge in [0.2, 0.25) is 0 Å². The molecule has 0 bridgehead atoms. The van der Waals surface area contributed by atoms with Gasteiger partial charge in [-0.25, -0.2) is 18.2 Å². The Balaban J connectivity index is 1.93. The molecule has 1 aromatic carbocycles. The van der Waals surface area contributed by atoms with Crippen LogP contribution in [0.3, 0.4) is 0 Å². The molecule has 2 aromatic rings. The van der Waals surface area contributed by atoms with E-state index in [1.165, 1.54) is 16.3 Å². The van der Waals surface area contributed by atoms with Gasteiger partial charge < -0.3 is 5.32 Å². The van der Waals surface area contributed by atoms with E-state index in [0.717, 1.165) is 12.3 Å². The standard InChI is InChI=1S/C13H8F3N3O2S/c14-7-1-2-8(10(16)9(7)15)18-11(20)6-5-17-13-19(12(6)21)3-4-22-13/h1-2,5H,3-4H2,(H,18,20). The first-order valence-corrected chi connectivity index (χ1v) is 7.15. The Labute approximate surface area is 126 Å². The molecule has 0 aliphatic carbocycles. The van der Waals surface area contributed by atoms with Crippen LogP contribution in [0.15, 0.2) is 28.3 Å². The van der Waals surface area contributed by atoms with Gasteiger partial charge in [0.1, 0.15) is 5.56 Å². The van der Waals surface area contributed by atoms with Crippen LogP contribution < -0.4 is 10.9 Å². The van der Waals surface area contributed by atoms with Crippen molar-refractivity contribution in [2.75, 3.05) is 11.1 Å². The van der Waals surface area contributed by atoms with Crippen molar-refractivity contribution in [2.45, 2.75) is 11.7 Å².